The van der Waals surface area contributed by atoms with Crippen LogP contribution < -0.4 is 5.73 Å². The Bertz CT molecular complexity index is 653. The van der Waals surface area contributed by atoms with Gasteiger partial charge >= 0.3 is 0 Å². The second-order valence-corrected chi connectivity index (χ2v) is 7.09. The maximum atomic E-state index is 10.9. The molecule has 2 atom stereocenters. The molecule has 128 valence electrons. The molecule has 0 amide bonds. The highest BCUT2D eigenvalue weighted by atomic mass is 35.5. The van der Waals surface area contributed by atoms with Crippen LogP contribution in [-0.4, -0.2) is 33.8 Å². The summed E-state index contributed by atoms with van der Waals surface area (Å²) in [4.78, 5) is 12.9. The van der Waals surface area contributed by atoms with Gasteiger partial charge in [0.15, 0.2) is 0 Å². The molecule has 1 aromatic rings. The first kappa shape index (κ1) is 17.1. The highest BCUT2D eigenvalue weighted by molar-refractivity contribution is 6.23. The zero-order valence-electron chi connectivity index (χ0n) is 13.5. The molecular formula is C18H22ClN3O2. The number of likely N-dealkylation sites (tertiary alicyclic amines) is 1. The number of nitrogens with two attached hydrogens (primary N) is 1. The van der Waals surface area contributed by atoms with E-state index in [1.54, 1.807) is 6.08 Å². The van der Waals surface area contributed by atoms with Crippen LogP contribution in [0.15, 0.2) is 54.3 Å². The highest BCUT2D eigenvalue weighted by Crippen LogP contribution is 2.36. The van der Waals surface area contributed by atoms with E-state index in [9.17, 15) is 10.1 Å². The third-order valence-corrected chi connectivity index (χ3v) is 5.60. The van der Waals surface area contributed by atoms with Gasteiger partial charge in [-0.2, -0.15) is 0 Å². The molecule has 1 aliphatic carbocycles. The second-order valence-electron chi connectivity index (χ2n) is 6.62. The summed E-state index contributed by atoms with van der Waals surface area (Å²) in [6.07, 6.45) is 6.59. The molecule has 24 heavy (non-hydrogen) atoms. The number of nitro groups is 1. The Morgan fingerprint density at radius 1 is 1.29 bits per heavy atom. The summed E-state index contributed by atoms with van der Waals surface area (Å²) in [6.45, 7) is 2.86. The van der Waals surface area contributed by atoms with E-state index >= 15 is 0 Å². The summed E-state index contributed by atoms with van der Waals surface area (Å²) >= 11 is 6.39. The van der Waals surface area contributed by atoms with E-state index in [1.807, 2.05) is 6.07 Å². The minimum Gasteiger partial charge on any atom is -0.320 e. The number of piperidine rings is 1. The van der Waals surface area contributed by atoms with Crippen LogP contribution in [0.4, 0.5) is 0 Å². The molecule has 1 fully saturated rings. The lowest BCUT2D eigenvalue weighted by Crippen LogP contribution is -2.56. The van der Waals surface area contributed by atoms with Crippen molar-refractivity contribution in [3.05, 3.63) is 69.9 Å². The summed E-state index contributed by atoms with van der Waals surface area (Å²) in [7, 11) is 0. The van der Waals surface area contributed by atoms with Crippen molar-refractivity contribution in [1.82, 2.24) is 4.90 Å². The zero-order valence-corrected chi connectivity index (χ0v) is 14.2. The van der Waals surface area contributed by atoms with Crippen LogP contribution in [0.2, 0.25) is 0 Å². The number of halogens is 1. The highest BCUT2D eigenvalue weighted by Gasteiger charge is 2.42. The molecule has 2 N–H and O–H groups in total. The summed E-state index contributed by atoms with van der Waals surface area (Å²) in [5.74, 6) is 0.229. The van der Waals surface area contributed by atoms with Crippen LogP contribution in [0.5, 0.6) is 0 Å². The van der Waals surface area contributed by atoms with E-state index in [0.29, 0.717) is 0 Å². The van der Waals surface area contributed by atoms with Crippen LogP contribution in [0.3, 0.4) is 0 Å². The van der Waals surface area contributed by atoms with E-state index in [1.165, 1.54) is 17.7 Å². The van der Waals surface area contributed by atoms with Crippen molar-refractivity contribution in [2.75, 3.05) is 13.1 Å². The maximum Gasteiger partial charge on any atom is 0.266 e. The molecule has 1 heterocycles. The van der Waals surface area contributed by atoms with Crippen molar-refractivity contribution in [3.8, 4) is 0 Å². The van der Waals surface area contributed by atoms with Crippen molar-refractivity contribution in [2.24, 2.45) is 11.7 Å². The molecule has 0 bridgehead atoms. The van der Waals surface area contributed by atoms with Gasteiger partial charge in [-0.15, -0.1) is 11.6 Å². The van der Waals surface area contributed by atoms with Gasteiger partial charge in [-0.05, 0) is 37.4 Å². The van der Waals surface area contributed by atoms with Crippen molar-refractivity contribution >= 4 is 11.6 Å². The van der Waals surface area contributed by atoms with Gasteiger partial charge in [-0.25, -0.2) is 0 Å². The minimum atomic E-state index is -0.708. The molecule has 1 saturated heterocycles. The fourth-order valence-electron chi connectivity index (χ4n) is 3.59. The zero-order chi connectivity index (χ0) is 17.2. The monoisotopic (exact) mass is 347 g/mol. The van der Waals surface area contributed by atoms with Crippen molar-refractivity contribution in [1.29, 1.82) is 0 Å². The Kier molecular flexibility index (Phi) is 5.04. The van der Waals surface area contributed by atoms with Crippen LogP contribution in [0.1, 0.15) is 18.4 Å². The van der Waals surface area contributed by atoms with Crippen molar-refractivity contribution in [3.63, 3.8) is 0 Å². The molecule has 2 aliphatic rings. The number of rotatable bonds is 4. The molecule has 1 aliphatic heterocycles. The van der Waals surface area contributed by atoms with Gasteiger partial charge in [0, 0.05) is 18.7 Å². The molecule has 1 aromatic carbocycles. The molecule has 0 aromatic heterocycles. The molecule has 0 radical (unpaired) electrons. The standard InChI is InChI=1S/C18H22ClN3O2/c19-17-12-16(22(23)24)6-9-18(17,20)15-7-10-21(11-8-15)13-14-4-2-1-3-5-14/h1-6,9,12,15,17H,7-8,10-11,13,20H2. The van der Waals surface area contributed by atoms with Gasteiger partial charge in [-0.1, -0.05) is 36.4 Å². The number of allylic oxidation sites excluding steroid dienone is 1. The molecule has 0 spiro atoms. The molecule has 3 rings (SSSR count). The lowest BCUT2D eigenvalue weighted by atomic mass is 9.74. The fraction of sp³-hybridized carbons (Fsp3) is 0.444. The first-order valence-corrected chi connectivity index (χ1v) is 8.67. The Hall–Kier alpha value is -1.69. The molecular weight excluding hydrogens is 326 g/mol. The summed E-state index contributed by atoms with van der Waals surface area (Å²) in [6, 6.07) is 10.4. The van der Waals surface area contributed by atoms with Gasteiger partial charge in [0.25, 0.3) is 5.70 Å². The van der Waals surface area contributed by atoms with Crippen LogP contribution in [-0.2, 0) is 6.54 Å². The van der Waals surface area contributed by atoms with Gasteiger partial charge < -0.3 is 5.73 Å². The first-order chi connectivity index (χ1) is 11.5. The van der Waals surface area contributed by atoms with Gasteiger partial charge in [0.2, 0.25) is 0 Å². The van der Waals surface area contributed by atoms with E-state index in [0.717, 1.165) is 32.5 Å². The lowest BCUT2D eigenvalue weighted by Gasteiger charge is -2.43. The second kappa shape index (κ2) is 7.05. The third kappa shape index (κ3) is 3.53. The average molecular weight is 348 g/mol. The SMILES string of the molecule is NC1(C2CCN(Cc3ccccc3)CC2)C=CC([N+](=O)[O-])=CC1Cl. The summed E-state index contributed by atoms with van der Waals surface area (Å²) < 4.78 is 0. The predicted octanol–water partition coefficient (Wildman–Crippen LogP) is 2.93. The number of hydrogen-bond donors (Lipinski definition) is 1. The Morgan fingerprint density at radius 2 is 1.96 bits per heavy atom. The van der Waals surface area contributed by atoms with Crippen LogP contribution in [0.25, 0.3) is 0 Å². The van der Waals surface area contributed by atoms with Crippen molar-refractivity contribution in [2.45, 2.75) is 30.3 Å². The lowest BCUT2D eigenvalue weighted by molar-refractivity contribution is -0.419. The topological polar surface area (TPSA) is 72.4 Å². The van der Waals surface area contributed by atoms with Crippen molar-refractivity contribution < 1.29 is 4.92 Å². The molecule has 2 unspecified atom stereocenters. The van der Waals surface area contributed by atoms with Gasteiger partial charge in [0.1, 0.15) is 0 Å². The van der Waals surface area contributed by atoms with E-state index in [2.05, 4.69) is 29.2 Å². The van der Waals surface area contributed by atoms with E-state index in [-0.39, 0.29) is 11.6 Å². The van der Waals surface area contributed by atoms with Crippen LogP contribution in [0, 0.1) is 16.0 Å². The largest absolute Gasteiger partial charge is 0.320 e. The van der Waals surface area contributed by atoms with Gasteiger partial charge in [0.05, 0.1) is 15.8 Å². The number of nitrogens with zero attached hydrogens (tertiary/aromatic N) is 2. The quantitative estimate of drug-likeness (QED) is 0.516. The Balaban J connectivity index is 1.60. The maximum absolute atomic E-state index is 10.9. The molecule has 5 nitrogen and oxygen atoms in total. The number of benzene rings is 1. The number of alkyl halides is 1. The summed E-state index contributed by atoms with van der Waals surface area (Å²) in [5, 5.41) is 10.3. The van der Waals surface area contributed by atoms with Gasteiger partial charge in [-0.3, -0.25) is 15.0 Å². The summed E-state index contributed by atoms with van der Waals surface area (Å²) in [5.41, 5.74) is 7.16. The smallest absolute Gasteiger partial charge is 0.266 e. The fourth-order valence-corrected chi connectivity index (χ4v) is 3.97. The normalized spacial score (nSPS) is 28.6. The Labute approximate surface area is 146 Å². The molecule has 6 heteroatoms. The number of hydrogen-bond acceptors (Lipinski definition) is 4. The average Bonchev–Trinajstić information content (AvgIpc) is 2.59. The third-order valence-electron chi connectivity index (χ3n) is 5.09. The minimum absolute atomic E-state index is 0.0255. The molecule has 0 saturated carbocycles. The van der Waals surface area contributed by atoms with E-state index in [4.69, 9.17) is 17.3 Å². The Morgan fingerprint density at radius 3 is 2.54 bits per heavy atom. The van der Waals surface area contributed by atoms with E-state index < -0.39 is 15.8 Å². The first-order valence-electron chi connectivity index (χ1n) is 8.24. The predicted molar refractivity (Wildman–Crippen MR) is 95.2 cm³/mol. The van der Waals surface area contributed by atoms with Crippen LogP contribution >= 0.6 is 11.6 Å².